The number of fused-ring (bicyclic) bond motifs is 1. The molecule has 0 aliphatic carbocycles. The molecule has 2 aromatic heterocycles. The van der Waals surface area contributed by atoms with Gasteiger partial charge in [-0.15, -0.1) is 11.3 Å². The van der Waals surface area contributed by atoms with Crippen LogP contribution in [0.25, 0.3) is 10.2 Å². The standard InChI is InChI=1S/C24H21NO4S/c1-16(26)21-22(29-15-18-6-4-3-5-7-18)24(27)25(20-12-13-30-23(20)21)14-17-8-10-19(28-2)11-9-17/h3-13H,14-15H2,1-2H3. The highest BCUT2D eigenvalue weighted by molar-refractivity contribution is 7.17. The molecule has 0 atom stereocenters. The van der Waals surface area contributed by atoms with Crippen molar-refractivity contribution in [2.75, 3.05) is 7.11 Å². The summed E-state index contributed by atoms with van der Waals surface area (Å²) in [6, 6.07) is 19.0. The minimum Gasteiger partial charge on any atom is -0.497 e. The van der Waals surface area contributed by atoms with Gasteiger partial charge in [-0.25, -0.2) is 0 Å². The number of carbonyl (C=O) groups is 1. The zero-order chi connectivity index (χ0) is 21.1. The number of methoxy groups -OCH3 is 1. The van der Waals surface area contributed by atoms with Crippen molar-refractivity contribution >= 4 is 27.3 Å². The van der Waals surface area contributed by atoms with E-state index in [2.05, 4.69) is 0 Å². The summed E-state index contributed by atoms with van der Waals surface area (Å²) in [5, 5.41) is 1.89. The number of pyridine rings is 1. The van der Waals surface area contributed by atoms with Gasteiger partial charge in [0, 0.05) is 0 Å². The number of aromatic nitrogens is 1. The first kappa shape index (κ1) is 19.9. The third kappa shape index (κ3) is 3.86. The maximum absolute atomic E-state index is 13.4. The molecule has 152 valence electrons. The van der Waals surface area contributed by atoms with Crippen LogP contribution in [0, 0.1) is 0 Å². The van der Waals surface area contributed by atoms with Gasteiger partial charge in [-0.3, -0.25) is 14.2 Å². The van der Waals surface area contributed by atoms with Crippen LogP contribution in [0.1, 0.15) is 28.4 Å². The Hall–Kier alpha value is -3.38. The Kier molecular flexibility index (Phi) is 5.68. The fourth-order valence-corrected chi connectivity index (χ4v) is 4.38. The highest BCUT2D eigenvalue weighted by atomic mass is 32.1. The largest absolute Gasteiger partial charge is 0.497 e. The Morgan fingerprint density at radius 3 is 2.40 bits per heavy atom. The van der Waals surface area contributed by atoms with Crippen LogP contribution < -0.4 is 15.0 Å². The third-order valence-electron chi connectivity index (χ3n) is 4.91. The molecule has 0 aliphatic heterocycles. The van der Waals surface area contributed by atoms with Crippen LogP contribution in [0.15, 0.2) is 70.8 Å². The lowest BCUT2D eigenvalue weighted by atomic mass is 10.1. The van der Waals surface area contributed by atoms with Gasteiger partial charge in [-0.1, -0.05) is 42.5 Å². The van der Waals surface area contributed by atoms with Gasteiger partial charge < -0.3 is 9.47 Å². The molecule has 6 heteroatoms. The van der Waals surface area contributed by atoms with Gasteiger partial charge in [0.1, 0.15) is 12.4 Å². The van der Waals surface area contributed by atoms with Crippen LogP contribution in [0.3, 0.4) is 0 Å². The SMILES string of the molecule is COc1ccc(Cn2c(=O)c(OCc3ccccc3)c(C(C)=O)c3sccc32)cc1. The zero-order valence-corrected chi connectivity index (χ0v) is 17.6. The number of Topliss-reactive ketones (excluding diaryl/α,β-unsaturated/α-hetero) is 1. The summed E-state index contributed by atoms with van der Waals surface area (Å²) >= 11 is 1.44. The predicted octanol–water partition coefficient (Wildman–Crippen LogP) is 4.90. The number of nitrogens with zero attached hydrogens (tertiary/aromatic N) is 1. The maximum atomic E-state index is 13.4. The third-order valence-corrected chi connectivity index (χ3v) is 5.83. The number of carbonyl (C=O) groups excluding carboxylic acids is 1. The molecule has 4 aromatic rings. The number of ether oxygens (including phenoxy) is 2. The number of benzene rings is 2. The second-order valence-corrected chi connectivity index (χ2v) is 7.83. The van der Waals surface area contributed by atoms with E-state index in [1.54, 1.807) is 11.7 Å². The van der Waals surface area contributed by atoms with Gasteiger partial charge in [-0.2, -0.15) is 0 Å². The summed E-state index contributed by atoms with van der Waals surface area (Å²) in [4.78, 5) is 25.9. The van der Waals surface area contributed by atoms with E-state index in [0.29, 0.717) is 12.1 Å². The van der Waals surface area contributed by atoms with E-state index < -0.39 is 0 Å². The van der Waals surface area contributed by atoms with E-state index in [0.717, 1.165) is 27.1 Å². The quantitative estimate of drug-likeness (QED) is 0.400. The molecule has 0 spiro atoms. The molecule has 30 heavy (non-hydrogen) atoms. The normalized spacial score (nSPS) is 10.9. The van der Waals surface area contributed by atoms with Gasteiger partial charge in [-0.05, 0) is 41.6 Å². The summed E-state index contributed by atoms with van der Waals surface area (Å²) in [5.41, 5.74) is 2.66. The van der Waals surface area contributed by atoms with Crippen molar-refractivity contribution in [1.29, 1.82) is 0 Å². The van der Waals surface area contributed by atoms with E-state index in [1.165, 1.54) is 18.3 Å². The van der Waals surface area contributed by atoms with Crippen molar-refractivity contribution < 1.29 is 14.3 Å². The first-order valence-electron chi connectivity index (χ1n) is 9.53. The topological polar surface area (TPSA) is 57.5 Å². The Labute approximate surface area is 178 Å². The second kappa shape index (κ2) is 8.55. The van der Waals surface area contributed by atoms with Gasteiger partial charge in [0.05, 0.1) is 29.4 Å². The monoisotopic (exact) mass is 419 g/mol. The Morgan fingerprint density at radius 2 is 1.73 bits per heavy atom. The molecule has 0 fully saturated rings. The zero-order valence-electron chi connectivity index (χ0n) is 16.8. The predicted molar refractivity (Wildman–Crippen MR) is 119 cm³/mol. The van der Waals surface area contributed by atoms with Crippen LogP contribution in [-0.4, -0.2) is 17.5 Å². The van der Waals surface area contributed by atoms with Gasteiger partial charge >= 0.3 is 0 Å². The highest BCUT2D eigenvalue weighted by Gasteiger charge is 2.22. The Morgan fingerprint density at radius 1 is 1.00 bits per heavy atom. The van der Waals surface area contributed by atoms with Crippen molar-refractivity contribution in [2.45, 2.75) is 20.1 Å². The average Bonchev–Trinajstić information content (AvgIpc) is 3.24. The maximum Gasteiger partial charge on any atom is 0.294 e. The summed E-state index contributed by atoms with van der Waals surface area (Å²) in [6.45, 7) is 2.06. The minimum atomic E-state index is -0.308. The lowest BCUT2D eigenvalue weighted by molar-refractivity contribution is 0.101. The van der Waals surface area contributed by atoms with E-state index >= 15 is 0 Å². The van der Waals surface area contributed by atoms with Crippen molar-refractivity contribution in [1.82, 2.24) is 4.57 Å². The number of hydrogen-bond acceptors (Lipinski definition) is 5. The van der Waals surface area contributed by atoms with Gasteiger partial charge in [0.2, 0.25) is 0 Å². The molecule has 2 aromatic carbocycles. The molecule has 0 aliphatic rings. The smallest absolute Gasteiger partial charge is 0.294 e. The molecule has 4 rings (SSSR count). The van der Waals surface area contributed by atoms with E-state index in [-0.39, 0.29) is 23.7 Å². The molecular weight excluding hydrogens is 398 g/mol. The number of ketones is 1. The molecule has 5 nitrogen and oxygen atoms in total. The molecule has 0 radical (unpaired) electrons. The fourth-order valence-electron chi connectivity index (χ4n) is 3.40. The summed E-state index contributed by atoms with van der Waals surface area (Å²) < 4.78 is 13.6. The average molecular weight is 420 g/mol. The van der Waals surface area contributed by atoms with E-state index in [1.807, 2.05) is 66.0 Å². The van der Waals surface area contributed by atoms with Crippen molar-refractivity contribution in [3.05, 3.63) is 93.1 Å². The van der Waals surface area contributed by atoms with Crippen LogP contribution in [0.2, 0.25) is 0 Å². The molecule has 0 unspecified atom stereocenters. The van der Waals surface area contributed by atoms with E-state index in [4.69, 9.17) is 9.47 Å². The molecule has 2 heterocycles. The lowest BCUT2D eigenvalue weighted by Gasteiger charge is -2.15. The first-order chi connectivity index (χ1) is 14.6. The molecule has 0 saturated carbocycles. The summed E-state index contributed by atoms with van der Waals surface area (Å²) in [6.07, 6.45) is 0. The summed E-state index contributed by atoms with van der Waals surface area (Å²) in [5.74, 6) is 0.680. The minimum absolute atomic E-state index is 0.106. The van der Waals surface area contributed by atoms with Gasteiger partial charge in [0.15, 0.2) is 11.5 Å². The fraction of sp³-hybridized carbons (Fsp3) is 0.167. The second-order valence-electron chi connectivity index (χ2n) is 6.91. The molecule has 0 saturated heterocycles. The first-order valence-corrected chi connectivity index (χ1v) is 10.4. The van der Waals surface area contributed by atoms with Crippen molar-refractivity contribution in [3.63, 3.8) is 0 Å². The Bertz CT molecular complexity index is 1240. The molecule has 0 N–H and O–H groups in total. The van der Waals surface area contributed by atoms with Crippen LogP contribution in [-0.2, 0) is 13.2 Å². The Balaban J connectivity index is 1.80. The number of hydrogen-bond donors (Lipinski definition) is 0. The highest BCUT2D eigenvalue weighted by Crippen LogP contribution is 2.31. The lowest BCUT2D eigenvalue weighted by Crippen LogP contribution is -2.25. The van der Waals surface area contributed by atoms with Crippen LogP contribution in [0.5, 0.6) is 11.5 Å². The summed E-state index contributed by atoms with van der Waals surface area (Å²) in [7, 11) is 1.62. The molecule has 0 amide bonds. The number of rotatable bonds is 7. The van der Waals surface area contributed by atoms with Crippen LogP contribution in [0.4, 0.5) is 0 Å². The van der Waals surface area contributed by atoms with Crippen molar-refractivity contribution in [2.24, 2.45) is 0 Å². The number of thiophene rings is 1. The van der Waals surface area contributed by atoms with Gasteiger partial charge in [0.25, 0.3) is 5.56 Å². The molecule has 0 bridgehead atoms. The molecular formula is C24H21NO4S. The van der Waals surface area contributed by atoms with Crippen molar-refractivity contribution in [3.8, 4) is 11.5 Å². The van der Waals surface area contributed by atoms with Crippen LogP contribution >= 0.6 is 11.3 Å². The van der Waals surface area contributed by atoms with E-state index in [9.17, 15) is 9.59 Å².